The molecule has 0 unspecified atom stereocenters. The number of rotatable bonds is 8. The zero-order chi connectivity index (χ0) is 26.5. The van der Waals surface area contributed by atoms with Crippen LogP contribution in [0.15, 0.2) is 83.5 Å². The Morgan fingerprint density at radius 3 is 2.22 bits per heavy atom. The summed E-state index contributed by atoms with van der Waals surface area (Å²) in [6.07, 6.45) is 0.830. The molecule has 3 aromatic rings. The van der Waals surface area contributed by atoms with E-state index in [1.165, 1.54) is 6.07 Å². The topological polar surface area (TPSA) is 105 Å². The van der Waals surface area contributed by atoms with Gasteiger partial charge in [0.15, 0.2) is 0 Å². The van der Waals surface area contributed by atoms with Gasteiger partial charge >= 0.3 is 5.97 Å². The maximum Gasteiger partial charge on any atom is 0.338 e. The monoisotopic (exact) mass is 517 g/mol. The van der Waals surface area contributed by atoms with Gasteiger partial charge in [0.2, 0.25) is 0 Å². The molecule has 1 aliphatic rings. The predicted molar refractivity (Wildman–Crippen MR) is 142 cm³/mol. The molecule has 3 amide bonds. The highest BCUT2D eigenvalue weighted by atomic mass is 35.5. The molecule has 8 nitrogen and oxygen atoms in total. The van der Waals surface area contributed by atoms with E-state index in [0.29, 0.717) is 28.2 Å². The molecule has 0 bridgehead atoms. The van der Waals surface area contributed by atoms with E-state index in [1.54, 1.807) is 61.5 Å². The first-order valence-corrected chi connectivity index (χ1v) is 12.0. The molecular weight excluding hydrogens is 494 g/mol. The van der Waals surface area contributed by atoms with Gasteiger partial charge in [0.1, 0.15) is 10.7 Å². The quantitative estimate of drug-likeness (QED) is 0.317. The van der Waals surface area contributed by atoms with Crippen LogP contribution in [0.3, 0.4) is 0 Å². The minimum atomic E-state index is -0.626. The van der Waals surface area contributed by atoms with Crippen molar-refractivity contribution in [3.05, 3.63) is 100 Å². The third-order valence-electron chi connectivity index (χ3n) is 5.68. The molecule has 0 saturated heterocycles. The zero-order valence-electron chi connectivity index (χ0n) is 20.2. The number of carbonyl (C=O) groups excluding carboxylic acids is 4. The van der Waals surface area contributed by atoms with Crippen LogP contribution in [0.1, 0.15) is 40.1 Å². The number of aryl methyl sites for hydroxylation is 1. The second-order valence-corrected chi connectivity index (χ2v) is 8.49. The summed E-state index contributed by atoms with van der Waals surface area (Å²) in [5.74, 6) is -2.06. The van der Waals surface area contributed by atoms with E-state index in [4.69, 9.17) is 16.3 Å². The van der Waals surface area contributed by atoms with E-state index in [0.717, 1.165) is 16.9 Å². The van der Waals surface area contributed by atoms with E-state index >= 15 is 0 Å². The van der Waals surface area contributed by atoms with E-state index in [9.17, 15) is 19.2 Å². The van der Waals surface area contributed by atoms with Gasteiger partial charge in [-0.1, -0.05) is 36.7 Å². The smallest absolute Gasteiger partial charge is 0.338 e. The lowest BCUT2D eigenvalue weighted by Gasteiger charge is -2.15. The zero-order valence-corrected chi connectivity index (χ0v) is 21.0. The lowest BCUT2D eigenvalue weighted by atomic mass is 10.1. The Morgan fingerprint density at radius 1 is 0.865 bits per heavy atom. The number of hydrogen-bond donors (Lipinski definition) is 2. The van der Waals surface area contributed by atoms with Crippen molar-refractivity contribution >= 4 is 52.4 Å². The Hall–Kier alpha value is -4.43. The van der Waals surface area contributed by atoms with Gasteiger partial charge in [0.25, 0.3) is 17.7 Å². The van der Waals surface area contributed by atoms with E-state index < -0.39 is 23.7 Å². The summed E-state index contributed by atoms with van der Waals surface area (Å²) in [4.78, 5) is 51.4. The van der Waals surface area contributed by atoms with E-state index in [1.807, 2.05) is 19.1 Å². The van der Waals surface area contributed by atoms with Gasteiger partial charge in [-0.15, -0.1) is 0 Å². The van der Waals surface area contributed by atoms with E-state index in [2.05, 4.69) is 10.6 Å². The van der Waals surface area contributed by atoms with Crippen molar-refractivity contribution in [1.29, 1.82) is 0 Å². The Morgan fingerprint density at radius 2 is 1.57 bits per heavy atom. The summed E-state index contributed by atoms with van der Waals surface area (Å²) in [6.45, 7) is 4.01. The molecule has 0 aliphatic carbocycles. The lowest BCUT2D eigenvalue weighted by molar-refractivity contribution is -0.120. The summed E-state index contributed by atoms with van der Waals surface area (Å²) < 4.78 is 4.95. The molecule has 0 fully saturated rings. The third-order valence-corrected chi connectivity index (χ3v) is 6.03. The normalized spacial score (nSPS) is 13.1. The van der Waals surface area contributed by atoms with Crippen molar-refractivity contribution in [2.75, 3.05) is 22.1 Å². The molecule has 37 heavy (non-hydrogen) atoms. The Kier molecular flexibility index (Phi) is 7.69. The first-order chi connectivity index (χ1) is 17.8. The lowest BCUT2D eigenvalue weighted by Crippen LogP contribution is -2.32. The molecule has 9 heteroatoms. The van der Waals surface area contributed by atoms with Crippen LogP contribution in [0.25, 0.3) is 0 Å². The summed E-state index contributed by atoms with van der Waals surface area (Å²) in [7, 11) is 0. The average molecular weight is 518 g/mol. The van der Waals surface area contributed by atoms with Crippen molar-refractivity contribution in [3.8, 4) is 0 Å². The summed E-state index contributed by atoms with van der Waals surface area (Å²) in [5.41, 5.74) is 3.00. The number of anilines is 3. The van der Waals surface area contributed by atoms with Crippen LogP contribution >= 0.6 is 11.6 Å². The maximum atomic E-state index is 13.1. The van der Waals surface area contributed by atoms with Crippen molar-refractivity contribution < 1.29 is 23.9 Å². The molecule has 2 N–H and O–H groups in total. The molecule has 1 aliphatic heterocycles. The van der Waals surface area contributed by atoms with Crippen LogP contribution in [0.4, 0.5) is 17.1 Å². The fraction of sp³-hybridized carbons (Fsp3) is 0.143. The molecule has 188 valence electrons. The predicted octanol–water partition coefficient (Wildman–Crippen LogP) is 5.11. The minimum Gasteiger partial charge on any atom is -0.462 e. The van der Waals surface area contributed by atoms with Crippen LogP contribution < -0.4 is 15.5 Å². The Labute approximate surface area is 218 Å². The molecule has 0 radical (unpaired) electrons. The van der Waals surface area contributed by atoms with Gasteiger partial charge in [0, 0.05) is 16.9 Å². The number of nitrogens with zero attached hydrogens (tertiary/aromatic N) is 1. The van der Waals surface area contributed by atoms with Crippen LogP contribution in [0.2, 0.25) is 0 Å². The average Bonchev–Trinajstić information content (AvgIpc) is 3.12. The van der Waals surface area contributed by atoms with Gasteiger partial charge in [-0.3, -0.25) is 14.4 Å². The molecule has 0 aromatic heterocycles. The third kappa shape index (κ3) is 5.54. The van der Waals surface area contributed by atoms with Gasteiger partial charge < -0.3 is 15.4 Å². The number of imide groups is 1. The Bertz CT molecular complexity index is 1400. The van der Waals surface area contributed by atoms with Crippen LogP contribution in [-0.4, -0.2) is 30.3 Å². The highest BCUT2D eigenvalue weighted by Crippen LogP contribution is 2.30. The fourth-order valence-electron chi connectivity index (χ4n) is 3.72. The van der Waals surface area contributed by atoms with Crippen molar-refractivity contribution in [2.45, 2.75) is 20.3 Å². The van der Waals surface area contributed by atoms with Crippen LogP contribution in [-0.2, 0) is 20.7 Å². The number of nitrogens with one attached hydrogen (secondary N) is 2. The van der Waals surface area contributed by atoms with Gasteiger partial charge in [-0.25, -0.2) is 9.69 Å². The first kappa shape index (κ1) is 25.7. The molecule has 4 rings (SSSR count). The summed E-state index contributed by atoms with van der Waals surface area (Å²) in [5, 5.41) is 5.41. The summed E-state index contributed by atoms with van der Waals surface area (Å²) in [6, 6.07) is 19.8. The van der Waals surface area contributed by atoms with Gasteiger partial charge in [-0.2, -0.15) is 0 Å². The fourth-order valence-corrected chi connectivity index (χ4v) is 3.93. The van der Waals surface area contributed by atoms with Crippen molar-refractivity contribution in [2.24, 2.45) is 0 Å². The molecule has 0 atom stereocenters. The second-order valence-electron chi connectivity index (χ2n) is 8.11. The van der Waals surface area contributed by atoms with Gasteiger partial charge in [-0.05, 0) is 73.5 Å². The number of esters is 1. The number of amides is 3. The van der Waals surface area contributed by atoms with E-state index in [-0.39, 0.29) is 17.3 Å². The minimum absolute atomic E-state index is 0.0710. The maximum absolute atomic E-state index is 13.1. The number of carbonyl (C=O) groups is 4. The number of halogens is 1. The largest absolute Gasteiger partial charge is 0.462 e. The van der Waals surface area contributed by atoms with Crippen LogP contribution in [0.5, 0.6) is 0 Å². The standard InChI is InChI=1S/C28H24ClN3O5/c1-3-17-8-14-22(15-9-17)32-26(34)23(29)24(27(32)35)30-21-7-5-6-19(16-21)25(33)31-20-12-10-18(11-13-20)28(36)37-4-2/h5-16,30H,3-4H2,1-2H3,(H,31,33). The first-order valence-electron chi connectivity index (χ1n) is 11.7. The molecule has 0 saturated carbocycles. The van der Waals surface area contributed by atoms with Crippen molar-refractivity contribution in [3.63, 3.8) is 0 Å². The van der Waals surface area contributed by atoms with Gasteiger partial charge in [0.05, 0.1) is 17.9 Å². The number of hydrogen-bond acceptors (Lipinski definition) is 6. The number of ether oxygens (including phenoxy) is 1. The molecular formula is C28H24ClN3O5. The molecule has 1 heterocycles. The SMILES string of the molecule is CCOC(=O)c1ccc(NC(=O)c2cccc(NC3=C(Cl)C(=O)N(c4ccc(CC)cc4)C3=O)c2)cc1. The molecule has 0 spiro atoms. The second kappa shape index (κ2) is 11.1. The van der Waals surface area contributed by atoms with Crippen LogP contribution in [0, 0.1) is 0 Å². The highest BCUT2D eigenvalue weighted by molar-refractivity contribution is 6.53. The van der Waals surface area contributed by atoms with Crippen molar-refractivity contribution in [1.82, 2.24) is 0 Å². The summed E-state index contributed by atoms with van der Waals surface area (Å²) >= 11 is 6.23. The molecule has 3 aromatic carbocycles. The highest BCUT2D eigenvalue weighted by Gasteiger charge is 2.39. The number of benzene rings is 3. The Balaban J connectivity index is 1.47.